The topological polar surface area (TPSA) is 102 Å². The van der Waals surface area contributed by atoms with Crippen molar-refractivity contribution < 1.29 is 32.1 Å². The first-order chi connectivity index (χ1) is 23.8. The number of hydrogen-bond acceptors (Lipinski definition) is 6. The molecular formula is C38H44BF3N4O4. The second-order valence-corrected chi connectivity index (χ2v) is 15.3. The van der Waals surface area contributed by atoms with Gasteiger partial charge >= 0.3 is 13.3 Å². The third kappa shape index (κ3) is 6.76. The number of aromatic nitrogens is 1. The van der Waals surface area contributed by atoms with Gasteiger partial charge in [-0.15, -0.1) is 0 Å². The van der Waals surface area contributed by atoms with E-state index in [0.29, 0.717) is 17.8 Å². The molecular weight excluding hydrogens is 644 g/mol. The predicted molar refractivity (Wildman–Crippen MR) is 184 cm³/mol. The lowest BCUT2D eigenvalue weighted by Crippen LogP contribution is -2.65. The van der Waals surface area contributed by atoms with Crippen LogP contribution in [0.4, 0.5) is 24.7 Å². The molecule has 8 nitrogen and oxygen atoms in total. The van der Waals surface area contributed by atoms with Crippen molar-refractivity contribution in [2.24, 2.45) is 23.2 Å². The van der Waals surface area contributed by atoms with Gasteiger partial charge in [-0.3, -0.25) is 9.59 Å². The van der Waals surface area contributed by atoms with Crippen molar-refractivity contribution in [1.29, 1.82) is 0 Å². The number of nitrogens with one attached hydrogen (secondary N) is 3. The molecule has 2 bridgehead atoms. The first-order valence-corrected chi connectivity index (χ1v) is 17.7. The van der Waals surface area contributed by atoms with E-state index in [-0.39, 0.29) is 40.9 Å². The summed E-state index contributed by atoms with van der Waals surface area (Å²) in [5.41, 5.74) is -0.00961. The van der Waals surface area contributed by atoms with Gasteiger partial charge in [0.2, 0.25) is 5.91 Å². The summed E-state index contributed by atoms with van der Waals surface area (Å²) >= 11 is 0. The average Bonchev–Trinajstić information content (AvgIpc) is 3.43. The lowest BCUT2D eigenvalue weighted by molar-refractivity contribution is -0.199. The molecule has 50 heavy (non-hydrogen) atoms. The van der Waals surface area contributed by atoms with E-state index in [2.05, 4.69) is 41.7 Å². The number of nitrogens with zero attached hydrogens (tertiary/aromatic N) is 1. The highest BCUT2D eigenvalue weighted by Crippen LogP contribution is 2.65. The van der Waals surface area contributed by atoms with Gasteiger partial charge < -0.3 is 25.3 Å². The van der Waals surface area contributed by atoms with Crippen LogP contribution in [0, 0.1) is 23.2 Å². The van der Waals surface area contributed by atoms with Crippen LogP contribution in [0.15, 0.2) is 72.9 Å². The maximum absolute atomic E-state index is 14.3. The first-order valence-electron chi connectivity index (χ1n) is 17.7. The number of carbonyl (C=O) groups is 2. The molecule has 0 radical (unpaired) electrons. The lowest BCUT2D eigenvalue weighted by atomic mass is 9.43. The van der Waals surface area contributed by atoms with Gasteiger partial charge in [0.05, 0.1) is 28.8 Å². The largest absolute Gasteiger partial charge is 0.481 e. The zero-order valence-electron chi connectivity index (χ0n) is 28.6. The second-order valence-electron chi connectivity index (χ2n) is 15.3. The minimum atomic E-state index is -4.53. The summed E-state index contributed by atoms with van der Waals surface area (Å²) in [7, 11) is -0.598. The summed E-state index contributed by atoms with van der Waals surface area (Å²) in [6.45, 7) is 6.80. The summed E-state index contributed by atoms with van der Waals surface area (Å²) in [4.78, 5) is 32.4. The molecule has 0 spiro atoms. The Kier molecular flexibility index (Phi) is 9.22. The number of carbonyl (C=O) groups excluding carboxylic acids is 2. The van der Waals surface area contributed by atoms with E-state index in [1.807, 2.05) is 30.3 Å². The predicted octanol–water partition coefficient (Wildman–Crippen LogP) is 7.13. The molecule has 1 saturated heterocycles. The van der Waals surface area contributed by atoms with Crippen molar-refractivity contribution >= 4 is 30.4 Å². The summed E-state index contributed by atoms with van der Waals surface area (Å²) in [6.07, 6.45) is 3.22. The van der Waals surface area contributed by atoms with Crippen molar-refractivity contribution in [2.75, 3.05) is 5.32 Å². The zero-order valence-corrected chi connectivity index (χ0v) is 28.6. The first kappa shape index (κ1) is 34.5. The van der Waals surface area contributed by atoms with Crippen LogP contribution in [0.2, 0.25) is 0 Å². The Morgan fingerprint density at radius 3 is 2.48 bits per heavy atom. The van der Waals surface area contributed by atoms with Crippen molar-refractivity contribution in [3.63, 3.8) is 0 Å². The Balaban J connectivity index is 1.11. The zero-order chi connectivity index (χ0) is 35.3. The van der Waals surface area contributed by atoms with Crippen LogP contribution < -0.4 is 16.0 Å². The van der Waals surface area contributed by atoms with Crippen LogP contribution in [0.25, 0.3) is 0 Å². The number of pyridine rings is 1. The molecule has 5 aliphatic rings. The van der Waals surface area contributed by atoms with Crippen LogP contribution in [-0.2, 0) is 26.7 Å². The number of benzene rings is 2. The molecule has 4 aliphatic carbocycles. The fraction of sp³-hybridized carbons (Fsp3) is 0.500. The highest BCUT2D eigenvalue weighted by Gasteiger charge is 2.68. The third-order valence-electron chi connectivity index (χ3n) is 11.8. The van der Waals surface area contributed by atoms with Gasteiger partial charge in [0, 0.05) is 18.3 Å². The molecule has 0 unspecified atom stereocenters. The molecule has 1 aliphatic heterocycles. The van der Waals surface area contributed by atoms with E-state index in [4.69, 9.17) is 9.31 Å². The lowest BCUT2D eigenvalue weighted by Gasteiger charge is -2.64. The van der Waals surface area contributed by atoms with Crippen LogP contribution in [0.1, 0.15) is 80.8 Å². The van der Waals surface area contributed by atoms with E-state index in [1.165, 1.54) is 24.4 Å². The van der Waals surface area contributed by atoms with Gasteiger partial charge in [-0.25, -0.2) is 4.98 Å². The molecule has 12 heteroatoms. The van der Waals surface area contributed by atoms with E-state index in [1.54, 1.807) is 6.07 Å². The number of rotatable bonds is 11. The van der Waals surface area contributed by atoms with Gasteiger partial charge in [0.15, 0.2) is 0 Å². The molecule has 6 atom stereocenters. The molecule has 4 saturated carbocycles. The van der Waals surface area contributed by atoms with E-state index in [0.717, 1.165) is 56.2 Å². The summed E-state index contributed by atoms with van der Waals surface area (Å²) < 4.78 is 53.6. The maximum atomic E-state index is 14.3. The smallest absolute Gasteiger partial charge is 0.404 e. The average molecular weight is 689 g/mol. The van der Waals surface area contributed by atoms with Gasteiger partial charge in [-0.2, -0.15) is 13.2 Å². The quantitative estimate of drug-likeness (QED) is 0.186. The SMILES string of the molecule is CC1(C)[C@@H]2C[C@H]1[C@]1(C)OB([C@H](CC3CCC3)NC(=O)[C@H](Cc3ccccc3)NC(=O)c3cccnc3Nc3cccc(C(F)(F)F)c3)O[C@@H]1C2. The molecule has 3 aromatic rings. The molecule has 2 aromatic carbocycles. The van der Waals surface area contributed by atoms with E-state index >= 15 is 0 Å². The maximum Gasteiger partial charge on any atom is 0.481 e. The molecule has 1 aromatic heterocycles. The fourth-order valence-electron chi connectivity index (χ4n) is 8.57. The summed E-state index contributed by atoms with van der Waals surface area (Å²) in [5.74, 6) is 0.145. The molecule has 5 fully saturated rings. The van der Waals surface area contributed by atoms with Crippen molar-refractivity contribution in [3.05, 3.63) is 89.6 Å². The summed E-state index contributed by atoms with van der Waals surface area (Å²) in [6, 6.07) is 16.2. The normalized spacial score (nSPS) is 26.5. The van der Waals surface area contributed by atoms with Crippen LogP contribution in [0.5, 0.6) is 0 Å². The number of amides is 2. The van der Waals surface area contributed by atoms with Crippen LogP contribution >= 0.6 is 0 Å². The summed E-state index contributed by atoms with van der Waals surface area (Å²) in [5, 5.41) is 9.01. The van der Waals surface area contributed by atoms with Gasteiger partial charge in [-0.05, 0) is 85.3 Å². The van der Waals surface area contributed by atoms with Crippen molar-refractivity contribution in [2.45, 2.75) is 95.6 Å². The highest BCUT2D eigenvalue weighted by atomic mass is 19.4. The Morgan fingerprint density at radius 1 is 1.00 bits per heavy atom. The monoisotopic (exact) mass is 688 g/mol. The van der Waals surface area contributed by atoms with Gasteiger partial charge in [0.25, 0.3) is 5.91 Å². The van der Waals surface area contributed by atoms with Crippen LogP contribution in [0.3, 0.4) is 0 Å². The number of alkyl halides is 3. The Labute approximate surface area is 291 Å². The van der Waals surface area contributed by atoms with E-state index < -0.39 is 42.3 Å². The van der Waals surface area contributed by atoms with Gasteiger partial charge in [-0.1, -0.05) is 69.5 Å². The van der Waals surface area contributed by atoms with Crippen LogP contribution in [-0.4, -0.2) is 47.6 Å². The molecule has 264 valence electrons. The minimum absolute atomic E-state index is 0.0294. The standard InChI is InChI=1S/C38H44BF3N4O4/c1-36(2)26-21-30(36)37(3)31(22-26)49-39(50-37)32(19-24-12-7-13-24)46-35(48)29(18-23-10-5-4-6-11-23)45-34(47)28-16-9-17-43-33(28)44-27-15-8-14-25(20-27)38(40,41)42/h4-6,8-11,14-17,20,24,26,29-32H,7,12-13,18-19,21-22H2,1-3H3,(H,43,44)(H,45,47)(H,46,48)/t26-,29+,30-,31-,32+,37+/m1/s1. The second kappa shape index (κ2) is 13.3. The number of anilines is 2. The molecule has 2 amide bonds. The third-order valence-corrected chi connectivity index (χ3v) is 11.8. The van der Waals surface area contributed by atoms with Gasteiger partial charge in [0.1, 0.15) is 11.9 Å². The van der Waals surface area contributed by atoms with Crippen molar-refractivity contribution in [1.82, 2.24) is 15.6 Å². The fourth-order valence-corrected chi connectivity index (χ4v) is 8.57. The van der Waals surface area contributed by atoms with Crippen molar-refractivity contribution in [3.8, 4) is 0 Å². The molecule has 8 rings (SSSR count). The minimum Gasteiger partial charge on any atom is -0.404 e. The number of hydrogen-bond donors (Lipinski definition) is 3. The highest BCUT2D eigenvalue weighted by molar-refractivity contribution is 6.48. The Morgan fingerprint density at radius 2 is 1.78 bits per heavy atom. The van der Waals surface area contributed by atoms with E-state index in [9.17, 15) is 22.8 Å². The Bertz CT molecular complexity index is 1720. The molecule has 3 N–H and O–H groups in total. The Hall–Kier alpha value is -3.90. The number of halogens is 3. The molecule has 2 heterocycles.